The smallest absolute Gasteiger partial charge is 0.253 e. The lowest BCUT2D eigenvalue weighted by molar-refractivity contribution is 0.0661. The van der Waals surface area contributed by atoms with E-state index in [9.17, 15) is 9.18 Å². The Bertz CT molecular complexity index is 731. The van der Waals surface area contributed by atoms with Crippen LogP contribution >= 0.6 is 0 Å². The molecule has 0 aromatic heterocycles. The molecule has 2 atom stereocenters. The number of hydrogen-bond acceptors (Lipinski definition) is 3. The SMILES string of the molecule is CC(N)C1CCCN(C(=O)c2ccc(Oc3cccc(F)c3)cc2)C1. The number of carbonyl (C=O) groups is 1. The van der Waals surface area contributed by atoms with Crippen molar-refractivity contribution in [2.45, 2.75) is 25.8 Å². The summed E-state index contributed by atoms with van der Waals surface area (Å²) in [7, 11) is 0. The molecule has 1 amide bonds. The third-order valence-corrected chi connectivity index (χ3v) is 4.62. The number of hydrogen-bond donors (Lipinski definition) is 1. The van der Waals surface area contributed by atoms with Crippen molar-refractivity contribution in [3.63, 3.8) is 0 Å². The van der Waals surface area contributed by atoms with E-state index in [1.165, 1.54) is 12.1 Å². The zero-order valence-corrected chi connectivity index (χ0v) is 14.3. The van der Waals surface area contributed by atoms with E-state index in [1.54, 1.807) is 36.4 Å². The van der Waals surface area contributed by atoms with Crippen LogP contribution in [-0.4, -0.2) is 29.9 Å². The molecular weight excluding hydrogens is 319 g/mol. The lowest BCUT2D eigenvalue weighted by Crippen LogP contribution is -2.45. The van der Waals surface area contributed by atoms with Gasteiger partial charge in [-0.05, 0) is 62.1 Å². The number of piperidine rings is 1. The van der Waals surface area contributed by atoms with Gasteiger partial charge in [-0.15, -0.1) is 0 Å². The fraction of sp³-hybridized carbons (Fsp3) is 0.350. The molecule has 3 rings (SSSR count). The predicted molar refractivity (Wildman–Crippen MR) is 95.2 cm³/mol. The topological polar surface area (TPSA) is 55.6 Å². The van der Waals surface area contributed by atoms with Crippen LogP contribution in [0.4, 0.5) is 4.39 Å². The maximum Gasteiger partial charge on any atom is 0.253 e. The average molecular weight is 342 g/mol. The molecule has 1 heterocycles. The van der Waals surface area contributed by atoms with Gasteiger partial charge < -0.3 is 15.4 Å². The van der Waals surface area contributed by atoms with Gasteiger partial charge in [-0.2, -0.15) is 0 Å². The number of likely N-dealkylation sites (tertiary alicyclic amines) is 1. The summed E-state index contributed by atoms with van der Waals surface area (Å²) in [5.41, 5.74) is 6.61. The van der Waals surface area contributed by atoms with Crippen molar-refractivity contribution >= 4 is 5.91 Å². The van der Waals surface area contributed by atoms with Crippen molar-refractivity contribution < 1.29 is 13.9 Å². The van der Waals surface area contributed by atoms with E-state index in [-0.39, 0.29) is 17.8 Å². The largest absolute Gasteiger partial charge is 0.457 e. The molecule has 4 nitrogen and oxygen atoms in total. The Kier molecular flexibility index (Phi) is 5.34. The summed E-state index contributed by atoms with van der Waals surface area (Å²) in [5.74, 6) is 1.01. The zero-order chi connectivity index (χ0) is 17.8. The minimum absolute atomic E-state index is 0.0163. The molecule has 1 fully saturated rings. The third-order valence-electron chi connectivity index (χ3n) is 4.62. The normalized spacial score (nSPS) is 18.7. The molecule has 5 heteroatoms. The molecule has 1 aliphatic heterocycles. The highest BCUT2D eigenvalue weighted by Crippen LogP contribution is 2.24. The van der Waals surface area contributed by atoms with E-state index in [2.05, 4.69) is 0 Å². The number of carbonyl (C=O) groups excluding carboxylic acids is 1. The first-order valence-electron chi connectivity index (χ1n) is 8.61. The van der Waals surface area contributed by atoms with Crippen LogP contribution in [0.3, 0.4) is 0 Å². The predicted octanol–water partition coefficient (Wildman–Crippen LogP) is 3.82. The van der Waals surface area contributed by atoms with Crippen molar-refractivity contribution in [3.8, 4) is 11.5 Å². The molecule has 2 aromatic carbocycles. The monoisotopic (exact) mass is 342 g/mol. The van der Waals surface area contributed by atoms with Gasteiger partial charge in [-0.1, -0.05) is 6.07 Å². The lowest BCUT2D eigenvalue weighted by Gasteiger charge is -2.34. The molecule has 2 aromatic rings. The van der Waals surface area contributed by atoms with E-state index in [0.717, 1.165) is 19.4 Å². The number of halogens is 1. The number of nitrogens with two attached hydrogens (primary N) is 1. The van der Waals surface area contributed by atoms with Crippen molar-refractivity contribution in [2.24, 2.45) is 11.7 Å². The number of amides is 1. The standard InChI is InChI=1S/C20H23FN2O2/c1-14(22)16-4-3-11-23(13-16)20(24)15-7-9-18(10-8-15)25-19-6-2-5-17(21)12-19/h2,5-10,12,14,16H,3-4,11,13,22H2,1H3. The van der Waals surface area contributed by atoms with E-state index in [0.29, 0.717) is 29.5 Å². The molecule has 132 valence electrons. The third kappa shape index (κ3) is 4.37. The molecule has 0 radical (unpaired) electrons. The highest BCUT2D eigenvalue weighted by Gasteiger charge is 2.26. The fourth-order valence-corrected chi connectivity index (χ4v) is 3.14. The first-order chi connectivity index (χ1) is 12.0. The van der Waals surface area contributed by atoms with Crippen LogP contribution in [0.1, 0.15) is 30.1 Å². The summed E-state index contributed by atoms with van der Waals surface area (Å²) in [6.07, 6.45) is 2.06. The summed E-state index contributed by atoms with van der Waals surface area (Å²) in [6, 6.07) is 13.0. The van der Waals surface area contributed by atoms with E-state index in [4.69, 9.17) is 10.5 Å². The van der Waals surface area contributed by atoms with Crippen LogP contribution in [0.15, 0.2) is 48.5 Å². The molecule has 0 saturated carbocycles. The van der Waals surface area contributed by atoms with Gasteiger partial charge in [0.2, 0.25) is 0 Å². The second kappa shape index (κ2) is 7.66. The fourth-order valence-electron chi connectivity index (χ4n) is 3.14. The van der Waals surface area contributed by atoms with Gasteiger partial charge in [0.1, 0.15) is 17.3 Å². The Labute approximate surface area is 147 Å². The zero-order valence-electron chi connectivity index (χ0n) is 14.3. The highest BCUT2D eigenvalue weighted by atomic mass is 19.1. The second-order valence-electron chi connectivity index (χ2n) is 6.60. The van der Waals surface area contributed by atoms with Gasteiger partial charge in [-0.25, -0.2) is 4.39 Å². The Balaban J connectivity index is 1.66. The minimum Gasteiger partial charge on any atom is -0.457 e. The van der Waals surface area contributed by atoms with E-state index in [1.807, 2.05) is 11.8 Å². The van der Waals surface area contributed by atoms with Crippen LogP contribution in [0.5, 0.6) is 11.5 Å². The average Bonchev–Trinajstić information content (AvgIpc) is 2.62. The van der Waals surface area contributed by atoms with Gasteiger partial charge in [-0.3, -0.25) is 4.79 Å². The molecule has 2 unspecified atom stereocenters. The highest BCUT2D eigenvalue weighted by molar-refractivity contribution is 5.94. The number of rotatable bonds is 4. The summed E-state index contributed by atoms with van der Waals surface area (Å²) >= 11 is 0. The molecule has 0 spiro atoms. The second-order valence-corrected chi connectivity index (χ2v) is 6.60. The first-order valence-corrected chi connectivity index (χ1v) is 8.61. The van der Waals surface area contributed by atoms with Crippen LogP contribution < -0.4 is 10.5 Å². The molecule has 0 aliphatic carbocycles. The van der Waals surface area contributed by atoms with Crippen molar-refractivity contribution in [3.05, 3.63) is 59.9 Å². The van der Waals surface area contributed by atoms with Crippen molar-refractivity contribution in [1.29, 1.82) is 0 Å². The maximum absolute atomic E-state index is 13.2. The number of ether oxygens (including phenoxy) is 1. The van der Waals surface area contributed by atoms with E-state index >= 15 is 0 Å². The lowest BCUT2D eigenvalue weighted by atomic mass is 9.92. The van der Waals surface area contributed by atoms with Crippen LogP contribution in [0, 0.1) is 11.7 Å². The summed E-state index contributed by atoms with van der Waals surface area (Å²) < 4.78 is 18.8. The maximum atomic E-state index is 13.2. The van der Waals surface area contributed by atoms with E-state index < -0.39 is 0 Å². The quantitative estimate of drug-likeness (QED) is 0.919. The van der Waals surface area contributed by atoms with Crippen LogP contribution in [0.25, 0.3) is 0 Å². The molecule has 0 bridgehead atoms. The molecule has 2 N–H and O–H groups in total. The molecule has 1 aliphatic rings. The molecular formula is C20H23FN2O2. The number of nitrogens with zero attached hydrogens (tertiary/aromatic N) is 1. The van der Waals surface area contributed by atoms with Crippen LogP contribution in [0.2, 0.25) is 0 Å². The Morgan fingerprint density at radius 1 is 1.24 bits per heavy atom. The van der Waals surface area contributed by atoms with Crippen molar-refractivity contribution in [2.75, 3.05) is 13.1 Å². The summed E-state index contributed by atoms with van der Waals surface area (Å²) in [6.45, 7) is 3.47. The van der Waals surface area contributed by atoms with Gasteiger partial charge in [0.15, 0.2) is 0 Å². The Morgan fingerprint density at radius 3 is 2.68 bits per heavy atom. The Hall–Kier alpha value is -2.40. The van der Waals surface area contributed by atoms with Crippen molar-refractivity contribution in [1.82, 2.24) is 4.90 Å². The first kappa shape index (κ1) is 17.4. The summed E-state index contributed by atoms with van der Waals surface area (Å²) in [4.78, 5) is 14.6. The number of benzene rings is 2. The Morgan fingerprint density at radius 2 is 2.00 bits per heavy atom. The molecule has 25 heavy (non-hydrogen) atoms. The van der Waals surface area contributed by atoms with Gasteiger partial charge >= 0.3 is 0 Å². The van der Waals surface area contributed by atoms with Gasteiger partial charge in [0.05, 0.1) is 0 Å². The van der Waals surface area contributed by atoms with Crippen LogP contribution in [-0.2, 0) is 0 Å². The summed E-state index contributed by atoms with van der Waals surface area (Å²) in [5, 5.41) is 0. The van der Waals surface area contributed by atoms with Gasteiger partial charge in [0.25, 0.3) is 5.91 Å². The molecule has 1 saturated heterocycles. The minimum atomic E-state index is -0.349. The van der Waals surface area contributed by atoms with Gasteiger partial charge in [0, 0.05) is 30.8 Å².